The average Bonchev–Trinajstić information content (AvgIpc) is 2.77. The van der Waals surface area contributed by atoms with Crippen molar-refractivity contribution in [3.05, 3.63) is 66.2 Å². The van der Waals surface area contributed by atoms with E-state index in [9.17, 15) is 4.79 Å². The number of carbonyl (C=O) groups is 1. The topological polar surface area (TPSA) is 56.8 Å². The van der Waals surface area contributed by atoms with Crippen molar-refractivity contribution in [3.63, 3.8) is 0 Å². The number of hydrogen-bond acceptors (Lipinski definition) is 4. The minimum absolute atomic E-state index is 0.110. The van der Waals surface area contributed by atoms with E-state index in [0.29, 0.717) is 36.6 Å². The monoisotopic (exact) mass is 393 g/mol. The van der Waals surface area contributed by atoms with E-state index in [1.165, 1.54) is 0 Å². The molecule has 0 bridgehead atoms. The van der Waals surface area contributed by atoms with Crippen molar-refractivity contribution in [1.82, 2.24) is 5.32 Å². The zero-order valence-electron chi connectivity index (χ0n) is 17.1. The third-order valence-electron chi connectivity index (χ3n) is 4.82. The molecule has 5 heteroatoms. The highest BCUT2D eigenvalue weighted by Crippen LogP contribution is 2.27. The number of amides is 1. The summed E-state index contributed by atoms with van der Waals surface area (Å²) in [5.74, 6) is 1.96. The predicted octanol–water partition coefficient (Wildman–Crippen LogP) is 4.37. The number of ether oxygens (including phenoxy) is 3. The maximum Gasteiger partial charge on any atom is 0.261 e. The van der Waals surface area contributed by atoms with Crippen molar-refractivity contribution in [2.45, 2.75) is 25.9 Å². The molecule has 0 aliphatic carbocycles. The highest BCUT2D eigenvalue weighted by molar-refractivity contribution is 5.84. The normalized spacial score (nSPS) is 11.7. The number of nitrogens with one attached hydrogen (secondary N) is 1. The van der Waals surface area contributed by atoms with Crippen LogP contribution in [0.4, 0.5) is 0 Å². The van der Waals surface area contributed by atoms with E-state index in [0.717, 1.165) is 16.3 Å². The van der Waals surface area contributed by atoms with Gasteiger partial charge in [0, 0.05) is 6.54 Å². The van der Waals surface area contributed by atoms with Crippen molar-refractivity contribution in [2.75, 3.05) is 20.8 Å². The molecule has 0 saturated carbocycles. The summed E-state index contributed by atoms with van der Waals surface area (Å²) in [6.45, 7) is 2.46. The molecule has 1 atom stereocenters. The second-order valence-electron chi connectivity index (χ2n) is 6.75. The van der Waals surface area contributed by atoms with Crippen molar-refractivity contribution in [3.8, 4) is 17.2 Å². The average molecular weight is 393 g/mol. The van der Waals surface area contributed by atoms with E-state index >= 15 is 0 Å². The Hall–Kier alpha value is -3.21. The molecule has 0 radical (unpaired) electrons. The quantitative estimate of drug-likeness (QED) is 0.586. The van der Waals surface area contributed by atoms with Crippen LogP contribution in [0, 0.1) is 0 Å². The molecule has 29 heavy (non-hydrogen) atoms. The third-order valence-corrected chi connectivity index (χ3v) is 4.82. The highest BCUT2D eigenvalue weighted by atomic mass is 16.5. The number of carbonyl (C=O) groups excluding carboxylic acids is 1. The molecule has 152 valence electrons. The van der Waals surface area contributed by atoms with Crippen molar-refractivity contribution >= 4 is 16.7 Å². The summed E-state index contributed by atoms with van der Waals surface area (Å²) < 4.78 is 16.5. The summed E-state index contributed by atoms with van der Waals surface area (Å²) in [6.07, 6.45) is 0.759. The van der Waals surface area contributed by atoms with E-state index in [1.807, 2.05) is 61.5 Å². The molecule has 0 aliphatic rings. The molecule has 0 unspecified atom stereocenters. The van der Waals surface area contributed by atoms with Gasteiger partial charge in [-0.05, 0) is 53.4 Å². The van der Waals surface area contributed by atoms with Crippen LogP contribution in [0.15, 0.2) is 60.7 Å². The van der Waals surface area contributed by atoms with Gasteiger partial charge in [0.15, 0.2) is 17.6 Å². The van der Waals surface area contributed by atoms with Crippen LogP contribution >= 0.6 is 0 Å². The van der Waals surface area contributed by atoms with E-state index in [4.69, 9.17) is 14.2 Å². The van der Waals surface area contributed by atoms with Crippen LogP contribution in [0.5, 0.6) is 17.2 Å². The minimum atomic E-state index is -0.526. The Morgan fingerprint density at radius 2 is 1.69 bits per heavy atom. The molecule has 5 nitrogen and oxygen atoms in total. The Morgan fingerprint density at radius 1 is 0.931 bits per heavy atom. The summed E-state index contributed by atoms with van der Waals surface area (Å²) in [5, 5.41) is 5.21. The summed E-state index contributed by atoms with van der Waals surface area (Å²) in [4.78, 5) is 12.6. The Kier molecular flexibility index (Phi) is 6.95. The third kappa shape index (κ3) is 5.19. The number of hydrogen-bond donors (Lipinski definition) is 1. The van der Waals surface area contributed by atoms with Gasteiger partial charge in [0.25, 0.3) is 5.91 Å². The van der Waals surface area contributed by atoms with Gasteiger partial charge in [0.05, 0.1) is 14.2 Å². The molecule has 0 aromatic heterocycles. The number of methoxy groups -OCH3 is 2. The van der Waals surface area contributed by atoms with Crippen LogP contribution in [-0.4, -0.2) is 32.8 Å². The maximum atomic E-state index is 12.6. The molecule has 0 fully saturated rings. The van der Waals surface area contributed by atoms with E-state index in [2.05, 4.69) is 11.4 Å². The smallest absolute Gasteiger partial charge is 0.261 e. The lowest BCUT2D eigenvalue weighted by atomic mass is 10.1. The van der Waals surface area contributed by atoms with Crippen molar-refractivity contribution in [2.24, 2.45) is 0 Å². The lowest BCUT2D eigenvalue weighted by molar-refractivity contribution is -0.128. The fraction of sp³-hybridized carbons (Fsp3) is 0.292. The van der Waals surface area contributed by atoms with Gasteiger partial charge in [-0.2, -0.15) is 0 Å². The maximum absolute atomic E-state index is 12.6. The molecule has 1 amide bonds. The second kappa shape index (κ2) is 9.82. The largest absolute Gasteiger partial charge is 0.493 e. The zero-order chi connectivity index (χ0) is 20.6. The fourth-order valence-electron chi connectivity index (χ4n) is 3.21. The van der Waals surface area contributed by atoms with Gasteiger partial charge in [0.2, 0.25) is 0 Å². The van der Waals surface area contributed by atoms with E-state index < -0.39 is 6.10 Å². The Bertz CT molecular complexity index is 970. The molecule has 3 aromatic carbocycles. The Morgan fingerprint density at radius 3 is 2.41 bits per heavy atom. The van der Waals surface area contributed by atoms with Crippen LogP contribution < -0.4 is 19.5 Å². The minimum Gasteiger partial charge on any atom is -0.493 e. The first-order chi connectivity index (χ1) is 14.1. The van der Waals surface area contributed by atoms with Gasteiger partial charge < -0.3 is 19.5 Å². The van der Waals surface area contributed by atoms with Crippen LogP contribution in [0.2, 0.25) is 0 Å². The van der Waals surface area contributed by atoms with Gasteiger partial charge in [-0.3, -0.25) is 4.79 Å². The Balaban J connectivity index is 1.56. The molecule has 0 saturated heterocycles. The summed E-state index contributed by atoms with van der Waals surface area (Å²) >= 11 is 0. The van der Waals surface area contributed by atoms with Crippen molar-refractivity contribution < 1.29 is 19.0 Å². The lowest BCUT2D eigenvalue weighted by Gasteiger charge is -2.18. The summed E-state index contributed by atoms with van der Waals surface area (Å²) in [7, 11) is 3.22. The zero-order valence-corrected chi connectivity index (χ0v) is 17.1. The second-order valence-corrected chi connectivity index (χ2v) is 6.75. The number of fused-ring (bicyclic) bond motifs is 1. The molecule has 0 heterocycles. The molecule has 0 aliphatic heterocycles. The van der Waals surface area contributed by atoms with Crippen LogP contribution in [-0.2, 0) is 11.2 Å². The first kappa shape index (κ1) is 20.5. The molecule has 3 aromatic rings. The fourth-order valence-corrected chi connectivity index (χ4v) is 3.21. The summed E-state index contributed by atoms with van der Waals surface area (Å²) in [5.41, 5.74) is 1.06. The molecular weight excluding hydrogens is 366 g/mol. The highest BCUT2D eigenvalue weighted by Gasteiger charge is 2.18. The van der Waals surface area contributed by atoms with Gasteiger partial charge in [-0.1, -0.05) is 43.3 Å². The standard InChI is InChI=1S/C24H27NO4/c1-4-21(29-20-11-10-18-7-5-6-8-19(18)16-20)24(26)25-14-13-17-9-12-22(27-2)23(15-17)28-3/h5-12,15-16,21H,4,13-14H2,1-3H3,(H,25,26)/t21-/m1/s1. The van der Waals surface area contributed by atoms with Gasteiger partial charge >= 0.3 is 0 Å². The summed E-state index contributed by atoms with van der Waals surface area (Å²) in [6, 6.07) is 19.7. The first-order valence-electron chi connectivity index (χ1n) is 9.78. The van der Waals surface area contributed by atoms with E-state index in [-0.39, 0.29) is 5.91 Å². The predicted molar refractivity (Wildman–Crippen MR) is 115 cm³/mol. The lowest BCUT2D eigenvalue weighted by Crippen LogP contribution is -2.38. The molecule has 0 spiro atoms. The number of benzene rings is 3. The van der Waals surface area contributed by atoms with E-state index in [1.54, 1.807) is 14.2 Å². The van der Waals surface area contributed by atoms with Crippen LogP contribution in [0.25, 0.3) is 10.8 Å². The van der Waals surface area contributed by atoms with Crippen LogP contribution in [0.3, 0.4) is 0 Å². The first-order valence-corrected chi connectivity index (χ1v) is 9.78. The van der Waals surface area contributed by atoms with Gasteiger partial charge in [0.1, 0.15) is 5.75 Å². The molecular formula is C24H27NO4. The van der Waals surface area contributed by atoms with Crippen LogP contribution in [0.1, 0.15) is 18.9 Å². The molecule has 3 rings (SSSR count). The SMILES string of the molecule is CC[C@@H](Oc1ccc2ccccc2c1)C(=O)NCCc1ccc(OC)c(OC)c1. The molecule has 1 N–H and O–H groups in total. The van der Waals surface area contributed by atoms with Gasteiger partial charge in [-0.25, -0.2) is 0 Å². The Labute approximate surface area is 171 Å². The van der Waals surface area contributed by atoms with Gasteiger partial charge in [-0.15, -0.1) is 0 Å². The number of rotatable bonds is 9. The van der Waals surface area contributed by atoms with Crippen molar-refractivity contribution in [1.29, 1.82) is 0 Å².